The average Bonchev–Trinajstić information content (AvgIpc) is 3.51. The number of carbonyl (C=O) groups excluding carboxylic acids is 1. The first-order valence-corrected chi connectivity index (χ1v) is 11.4. The zero-order valence-corrected chi connectivity index (χ0v) is 18.9. The van der Waals surface area contributed by atoms with E-state index < -0.39 is 7.11 Å². The number of rotatable bonds is 4. The molecule has 0 bridgehead atoms. The van der Waals surface area contributed by atoms with Gasteiger partial charge in [0, 0.05) is 30.3 Å². The minimum atomic E-state index is -4.67. The highest BCUT2D eigenvalue weighted by atomic mass is 32.2. The van der Waals surface area contributed by atoms with Gasteiger partial charge >= 0.3 is 7.11 Å². The van der Waals surface area contributed by atoms with Crippen LogP contribution >= 0.6 is 11.8 Å². The van der Waals surface area contributed by atoms with Gasteiger partial charge in [0.05, 0.1) is 10.6 Å². The Morgan fingerprint density at radius 1 is 0.853 bits per heavy atom. The fourth-order valence-corrected chi connectivity index (χ4v) is 4.53. The SMILES string of the molecule is CC(=O)SC1=C(c2ccc(-c3ccccc3)[nH]2)O[B-](F)(F)O/C1=C1/C=CC(c2ccccc2)=[NH+]1. The molecule has 3 heterocycles. The van der Waals surface area contributed by atoms with Crippen molar-refractivity contribution in [3.63, 3.8) is 0 Å². The molecule has 0 aliphatic carbocycles. The first-order chi connectivity index (χ1) is 16.4. The van der Waals surface area contributed by atoms with E-state index in [1.54, 1.807) is 24.3 Å². The maximum Gasteiger partial charge on any atom is 0.726 e. The minimum absolute atomic E-state index is 0.135. The van der Waals surface area contributed by atoms with Crippen molar-refractivity contribution in [3.8, 4) is 11.3 Å². The second-order valence-corrected chi connectivity index (χ2v) is 8.84. The number of aromatic amines is 1. The molecular weight excluding hydrogens is 457 g/mol. The fraction of sp³-hybridized carbons (Fsp3) is 0.0400. The van der Waals surface area contributed by atoms with Gasteiger partial charge in [-0.05, 0) is 41.6 Å². The zero-order valence-electron chi connectivity index (χ0n) is 18.0. The van der Waals surface area contributed by atoms with Crippen molar-refractivity contribution in [1.82, 2.24) is 4.98 Å². The van der Waals surface area contributed by atoms with E-state index in [1.165, 1.54) is 6.92 Å². The van der Waals surface area contributed by atoms with Crippen LogP contribution in [-0.4, -0.2) is 22.9 Å². The molecule has 34 heavy (non-hydrogen) atoms. The van der Waals surface area contributed by atoms with Crippen molar-refractivity contribution in [1.29, 1.82) is 0 Å². The van der Waals surface area contributed by atoms with E-state index in [-0.39, 0.29) is 21.5 Å². The molecule has 0 spiro atoms. The van der Waals surface area contributed by atoms with Crippen LogP contribution in [0.1, 0.15) is 18.2 Å². The van der Waals surface area contributed by atoms with Crippen LogP contribution in [0.15, 0.2) is 101 Å². The maximum atomic E-state index is 14.7. The van der Waals surface area contributed by atoms with Crippen LogP contribution in [0.25, 0.3) is 17.0 Å². The van der Waals surface area contributed by atoms with Gasteiger partial charge in [0.2, 0.25) is 11.4 Å². The van der Waals surface area contributed by atoms with Gasteiger partial charge in [-0.3, -0.25) is 4.79 Å². The van der Waals surface area contributed by atoms with E-state index in [0.717, 1.165) is 34.3 Å². The number of hydrogen-bond donors (Lipinski definition) is 2. The molecule has 0 unspecified atom stereocenters. The zero-order chi connectivity index (χ0) is 23.7. The van der Waals surface area contributed by atoms with E-state index in [4.69, 9.17) is 9.31 Å². The van der Waals surface area contributed by atoms with Crippen molar-refractivity contribution in [2.45, 2.75) is 6.92 Å². The smallest absolute Gasteiger partial charge is 0.625 e. The van der Waals surface area contributed by atoms with Gasteiger partial charge in [0.25, 0.3) is 0 Å². The number of nitrogens with one attached hydrogen (secondary N) is 2. The number of allylic oxidation sites excluding steroid dienone is 2. The molecule has 5 nitrogen and oxygen atoms in total. The molecule has 0 saturated heterocycles. The molecule has 0 fully saturated rings. The van der Waals surface area contributed by atoms with Crippen LogP contribution in [0.2, 0.25) is 0 Å². The largest absolute Gasteiger partial charge is 0.726 e. The van der Waals surface area contributed by atoms with Crippen molar-refractivity contribution >= 4 is 35.5 Å². The molecule has 3 aromatic rings. The third kappa shape index (κ3) is 4.47. The molecule has 0 radical (unpaired) electrons. The topological polar surface area (TPSA) is 65.3 Å². The highest BCUT2D eigenvalue weighted by Crippen LogP contribution is 2.43. The van der Waals surface area contributed by atoms with Crippen LogP contribution < -0.4 is 4.99 Å². The Bertz CT molecular complexity index is 1380. The van der Waals surface area contributed by atoms with Gasteiger partial charge in [-0.15, -0.1) is 0 Å². The lowest BCUT2D eigenvalue weighted by atomic mass is 10.1. The number of carbonyl (C=O) groups is 1. The number of benzene rings is 2. The second kappa shape index (κ2) is 8.83. The molecule has 5 rings (SSSR count). The van der Waals surface area contributed by atoms with E-state index in [2.05, 4.69) is 9.98 Å². The molecule has 2 aliphatic heterocycles. The minimum Gasteiger partial charge on any atom is -0.625 e. The van der Waals surface area contributed by atoms with Gasteiger partial charge in [0.1, 0.15) is 5.76 Å². The Hall–Kier alpha value is -3.85. The summed E-state index contributed by atoms with van der Waals surface area (Å²) in [6.45, 7) is 1.36. The van der Waals surface area contributed by atoms with Crippen LogP contribution in [0.5, 0.6) is 0 Å². The van der Waals surface area contributed by atoms with Crippen LogP contribution in [0, 0.1) is 0 Å². The average molecular weight is 476 g/mol. The van der Waals surface area contributed by atoms with Gasteiger partial charge in [-0.25, -0.2) is 4.99 Å². The van der Waals surface area contributed by atoms with Gasteiger partial charge < -0.3 is 22.9 Å². The second-order valence-electron chi connectivity index (χ2n) is 7.66. The molecule has 0 atom stereocenters. The summed E-state index contributed by atoms with van der Waals surface area (Å²) in [6, 6.07) is 22.4. The standard InChI is InChI=1S/C25H18BF2N2O3S/c1-16(31)34-25-23(21-14-12-19(29-21)17-8-4-2-5-9-17)32-26(27,28)33-24(25)22-15-13-20(30-22)18-10-6-3-7-11-18/h2-15,29H,1H3/q-1/p+1/b24-22-. The Morgan fingerprint density at radius 2 is 1.47 bits per heavy atom. The molecule has 2 aromatic carbocycles. The van der Waals surface area contributed by atoms with Gasteiger partial charge in [0.15, 0.2) is 10.9 Å². The van der Waals surface area contributed by atoms with Crippen molar-refractivity contribution in [2.24, 2.45) is 0 Å². The summed E-state index contributed by atoms with van der Waals surface area (Å²) < 4.78 is 39.4. The Labute approximate surface area is 199 Å². The molecule has 0 amide bonds. The van der Waals surface area contributed by atoms with Crippen molar-refractivity contribution < 1.29 is 27.7 Å². The Kier molecular flexibility index (Phi) is 5.71. The summed E-state index contributed by atoms with van der Waals surface area (Å²) in [4.78, 5) is 18.5. The first kappa shape index (κ1) is 22.0. The van der Waals surface area contributed by atoms with Crippen LogP contribution in [0.4, 0.5) is 8.63 Å². The van der Waals surface area contributed by atoms with E-state index in [1.807, 2.05) is 60.7 Å². The molecule has 9 heteroatoms. The highest BCUT2D eigenvalue weighted by Gasteiger charge is 2.44. The lowest BCUT2D eigenvalue weighted by Crippen LogP contribution is -2.68. The summed E-state index contributed by atoms with van der Waals surface area (Å²) in [6.07, 6.45) is 3.43. The summed E-state index contributed by atoms with van der Waals surface area (Å²) in [7, 11) is -4.67. The maximum absolute atomic E-state index is 14.7. The molecule has 2 aliphatic rings. The normalized spacial score (nSPS) is 19.0. The molecular formula is C25H19BF2N2O3S. The fourth-order valence-electron chi connectivity index (χ4n) is 3.74. The van der Waals surface area contributed by atoms with E-state index in [9.17, 15) is 13.4 Å². The lowest BCUT2D eigenvalue weighted by molar-refractivity contribution is -0.388. The predicted molar refractivity (Wildman–Crippen MR) is 129 cm³/mol. The van der Waals surface area contributed by atoms with Crippen LogP contribution in [-0.2, 0) is 14.1 Å². The molecule has 170 valence electrons. The van der Waals surface area contributed by atoms with Gasteiger partial charge in [-0.1, -0.05) is 48.5 Å². The Morgan fingerprint density at radius 3 is 2.15 bits per heavy atom. The number of halogens is 2. The Balaban J connectivity index is 1.64. The van der Waals surface area contributed by atoms with E-state index >= 15 is 0 Å². The van der Waals surface area contributed by atoms with Crippen LogP contribution in [0.3, 0.4) is 0 Å². The third-order valence-corrected chi connectivity index (χ3v) is 6.06. The predicted octanol–water partition coefficient (Wildman–Crippen LogP) is 4.40. The van der Waals surface area contributed by atoms with E-state index in [0.29, 0.717) is 11.4 Å². The summed E-state index contributed by atoms with van der Waals surface area (Å²) in [5.41, 5.74) is 3.88. The molecule has 1 aromatic heterocycles. The lowest BCUT2D eigenvalue weighted by Gasteiger charge is -2.36. The number of H-pyrrole nitrogens is 1. The number of thioether (sulfide) groups is 1. The summed E-state index contributed by atoms with van der Waals surface area (Å²) in [5, 5.41) is -0.292. The monoisotopic (exact) mass is 476 g/mol. The third-order valence-electron chi connectivity index (χ3n) is 5.20. The number of aromatic nitrogens is 1. The summed E-state index contributed by atoms with van der Waals surface area (Å²) >= 11 is 0.783. The van der Waals surface area contributed by atoms with Crippen molar-refractivity contribution in [3.05, 3.63) is 113 Å². The first-order valence-electron chi connectivity index (χ1n) is 10.6. The quantitative estimate of drug-likeness (QED) is 0.548. The molecule has 0 saturated carbocycles. The van der Waals surface area contributed by atoms with Gasteiger partial charge in [-0.2, -0.15) is 0 Å². The summed E-state index contributed by atoms with van der Waals surface area (Å²) in [5.74, 6) is -0.269. The highest BCUT2D eigenvalue weighted by molar-refractivity contribution is 8.17. The van der Waals surface area contributed by atoms with Crippen molar-refractivity contribution in [2.75, 3.05) is 0 Å². The number of hydrogen-bond acceptors (Lipinski definition) is 4. The molecule has 2 N–H and O–H groups in total.